The first-order chi connectivity index (χ1) is 10.2. The highest BCUT2D eigenvalue weighted by atomic mass is 16.3. The lowest BCUT2D eigenvalue weighted by Gasteiger charge is -2.21. The molecule has 4 heteroatoms. The summed E-state index contributed by atoms with van der Waals surface area (Å²) in [6.45, 7) is 0.637. The van der Waals surface area contributed by atoms with Gasteiger partial charge >= 0.3 is 0 Å². The van der Waals surface area contributed by atoms with Crippen LogP contribution in [0.15, 0.2) is 29.8 Å². The summed E-state index contributed by atoms with van der Waals surface area (Å²) in [5, 5.41) is 21.4. The van der Waals surface area contributed by atoms with Gasteiger partial charge in [-0.15, -0.1) is 0 Å². The molecule has 2 N–H and O–H groups in total. The van der Waals surface area contributed by atoms with Crippen LogP contribution in [-0.2, 0) is 4.79 Å². The van der Waals surface area contributed by atoms with Gasteiger partial charge in [0, 0.05) is 6.54 Å². The molecule has 1 fully saturated rings. The number of aromatic hydroxyl groups is 1. The zero-order chi connectivity index (χ0) is 15.1. The monoisotopic (exact) mass is 284 g/mol. The van der Waals surface area contributed by atoms with Crippen molar-refractivity contribution in [2.45, 2.75) is 32.1 Å². The molecule has 1 aliphatic rings. The van der Waals surface area contributed by atoms with E-state index in [9.17, 15) is 9.90 Å². The summed E-state index contributed by atoms with van der Waals surface area (Å²) in [6, 6.07) is 8.41. The van der Waals surface area contributed by atoms with Gasteiger partial charge in [0.25, 0.3) is 5.91 Å². The summed E-state index contributed by atoms with van der Waals surface area (Å²) in [7, 11) is 0. The van der Waals surface area contributed by atoms with E-state index in [0.717, 1.165) is 12.8 Å². The molecule has 0 radical (unpaired) electrons. The van der Waals surface area contributed by atoms with E-state index in [0.29, 0.717) is 18.0 Å². The van der Waals surface area contributed by atoms with E-state index in [4.69, 9.17) is 5.26 Å². The number of carbonyl (C=O) groups excluding carboxylic acids is 1. The number of hydrogen-bond donors (Lipinski definition) is 2. The first kappa shape index (κ1) is 15.1. The Kier molecular flexibility index (Phi) is 5.39. The van der Waals surface area contributed by atoms with Crippen molar-refractivity contribution in [3.63, 3.8) is 0 Å². The predicted molar refractivity (Wildman–Crippen MR) is 81.3 cm³/mol. The molecule has 1 aromatic rings. The molecular weight excluding hydrogens is 264 g/mol. The number of amides is 1. The van der Waals surface area contributed by atoms with Gasteiger partial charge in [-0.05, 0) is 42.5 Å². The minimum absolute atomic E-state index is 0.0661. The molecule has 1 amide bonds. The normalized spacial score (nSPS) is 16.2. The average molecular weight is 284 g/mol. The molecule has 0 aromatic heterocycles. The van der Waals surface area contributed by atoms with Crippen molar-refractivity contribution in [2.24, 2.45) is 5.92 Å². The number of nitrogens with zero attached hydrogens (tertiary/aromatic N) is 1. The van der Waals surface area contributed by atoms with Gasteiger partial charge in [0.05, 0.1) is 0 Å². The second-order valence-corrected chi connectivity index (χ2v) is 5.48. The number of hydrogen-bond acceptors (Lipinski definition) is 3. The Morgan fingerprint density at radius 3 is 2.81 bits per heavy atom. The summed E-state index contributed by atoms with van der Waals surface area (Å²) in [6.07, 6.45) is 7.54. The number of benzene rings is 1. The van der Waals surface area contributed by atoms with Crippen LogP contribution >= 0.6 is 0 Å². The van der Waals surface area contributed by atoms with Crippen LogP contribution in [-0.4, -0.2) is 17.6 Å². The molecule has 0 atom stereocenters. The minimum atomic E-state index is -0.341. The van der Waals surface area contributed by atoms with E-state index in [1.165, 1.54) is 31.4 Å². The number of phenolic OH excluding ortho intramolecular Hbond substituents is 1. The van der Waals surface area contributed by atoms with Gasteiger partial charge in [-0.1, -0.05) is 31.4 Å². The summed E-state index contributed by atoms with van der Waals surface area (Å²) < 4.78 is 0. The van der Waals surface area contributed by atoms with Crippen LogP contribution in [0, 0.1) is 17.2 Å². The van der Waals surface area contributed by atoms with Gasteiger partial charge in [0.15, 0.2) is 0 Å². The SMILES string of the molecule is N#C/C(=C\c1cccc(O)c1)C(=O)NCC1CCCCC1. The van der Waals surface area contributed by atoms with Crippen LogP contribution in [0.3, 0.4) is 0 Å². The van der Waals surface area contributed by atoms with Gasteiger partial charge in [0.1, 0.15) is 17.4 Å². The molecule has 1 aliphatic carbocycles. The number of carbonyl (C=O) groups is 1. The highest BCUT2D eigenvalue weighted by Gasteiger charge is 2.15. The number of nitrogens with one attached hydrogen (secondary N) is 1. The largest absolute Gasteiger partial charge is 0.508 e. The quantitative estimate of drug-likeness (QED) is 0.659. The van der Waals surface area contributed by atoms with Crippen molar-refractivity contribution in [3.05, 3.63) is 35.4 Å². The van der Waals surface area contributed by atoms with Crippen molar-refractivity contribution < 1.29 is 9.90 Å². The lowest BCUT2D eigenvalue weighted by molar-refractivity contribution is -0.117. The fourth-order valence-electron chi connectivity index (χ4n) is 2.65. The molecular formula is C17H20N2O2. The molecule has 0 bridgehead atoms. The molecule has 21 heavy (non-hydrogen) atoms. The van der Waals surface area contributed by atoms with Gasteiger partial charge in [0.2, 0.25) is 0 Å². The van der Waals surface area contributed by atoms with Crippen molar-refractivity contribution >= 4 is 12.0 Å². The number of phenols is 1. The fraction of sp³-hybridized carbons (Fsp3) is 0.412. The maximum absolute atomic E-state index is 12.0. The Labute approximate surface area is 125 Å². The van der Waals surface area contributed by atoms with Crippen molar-refractivity contribution in [1.82, 2.24) is 5.32 Å². The molecule has 2 rings (SSSR count). The van der Waals surface area contributed by atoms with Crippen LogP contribution in [0.2, 0.25) is 0 Å². The first-order valence-corrected chi connectivity index (χ1v) is 7.38. The summed E-state index contributed by atoms with van der Waals surface area (Å²) in [5.41, 5.74) is 0.704. The molecule has 0 heterocycles. The van der Waals surface area contributed by atoms with Crippen molar-refractivity contribution in [2.75, 3.05) is 6.54 Å². The Morgan fingerprint density at radius 1 is 1.38 bits per heavy atom. The summed E-state index contributed by atoms with van der Waals surface area (Å²) >= 11 is 0. The number of rotatable bonds is 4. The van der Waals surface area contributed by atoms with E-state index in [1.54, 1.807) is 18.2 Å². The Balaban J connectivity index is 1.96. The van der Waals surface area contributed by atoms with E-state index < -0.39 is 0 Å². The molecule has 0 spiro atoms. The first-order valence-electron chi connectivity index (χ1n) is 7.38. The third kappa shape index (κ3) is 4.64. The summed E-state index contributed by atoms with van der Waals surface area (Å²) in [5.74, 6) is 0.304. The highest BCUT2D eigenvalue weighted by Crippen LogP contribution is 2.22. The van der Waals surface area contributed by atoms with Crippen LogP contribution in [0.4, 0.5) is 0 Å². The van der Waals surface area contributed by atoms with Crippen LogP contribution in [0.1, 0.15) is 37.7 Å². The zero-order valence-electron chi connectivity index (χ0n) is 12.0. The van der Waals surface area contributed by atoms with E-state index >= 15 is 0 Å². The maximum Gasteiger partial charge on any atom is 0.261 e. The molecule has 0 unspecified atom stereocenters. The molecule has 1 saturated carbocycles. The standard InChI is InChI=1S/C17H20N2O2/c18-11-15(9-14-7-4-8-16(20)10-14)17(21)19-12-13-5-2-1-3-6-13/h4,7-10,13,20H,1-3,5-6,12H2,(H,19,21)/b15-9+. The Morgan fingerprint density at radius 2 is 2.14 bits per heavy atom. The lowest BCUT2D eigenvalue weighted by atomic mass is 9.89. The topological polar surface area (TPSA) is 73.1 Å². The molecule has 4 nitrogen and oxygen atoms in total. The van der Waals surface area contributed by atoms with Crippen molar-refractivity contribution in [3.8, 4) is 11.8 Å². The van der Waals surface area contributed by atoms with E-state index in [-0.39, 0.29) is 17.2 Å². The van der Waals surface area contributed by atoms with E-state index in [1.807, 2.05) is 6.07 Å². The van der Waals surface area contributed by atoms with Crippen LogP contribution < -0.4 is 5.32 Å². The zero-order valence-corrected chi connectivity index (χ0v) is 12.0. The maximum atomic E-state index is 12.0. The second-order valence-electron chi connectivity index (χ2n) is 5.48. The Hall–Kier alpha value is -2.28. The van der Waals surface area contributed by atoms with Gasteiger partial charge in [-0.25, -0.2) is 0 Å². The molecule has 110 valence electrons. The third-order valence-electron chi connectivity index (χ3n) is 3.82. The lowest BCUT2D eigenvalue weighted by Crippen LogP contribution is -2.31. The fourth-order valence-corrected chi connectivity index (χ4v) is 2.65. The van der Waals surface area contributed by atoms with Crippen LogP contribution in [0.5, 0.6) is 5.75 Å². The van der Waals surface area contributed by atoms with E-state index in [2.05, 4.69) is 5.32 Å². The minimum Gasteiger partial charge on any atom is -0.508 e. The van der Waals surface area contributed by atoms with Gasteiger partial charge in [-0.3, -0.25) is 4.79 Å². The number of nitriles is 1. The second kappa shape index (κ2) is 7.49. The third-order valence-corrected chi connectivity index (χ3v) is 3.82. The Bertz CT molecular complexity index is 566. The molecule has 1 aromatic carbocycles. The predicted octanol–water partition coefficient (Wildman–Crippen LogP) is 3.00. The van der Waals surface area contributed by atoms with Gasteiger partial charge < -0.3 is 10.4 Å². The molecule has 0 saturated heterocycles. The van der Waals surface area contributed by atoms with Gasteiger partial charge in [-0.2, -0.15) is 5.26 Å². The summed E-state index contributed by atoms with van der Waals surface area (Å²) in [4.78, 5) is 12.0. The average Bonchev–Trinajstić information content (AvgIpc) is 2.51. The van der Waals surface area contributed by atoms with Crippen molar-refractivity contribution in [1.29, 1.82) is 5.26 Å². The highest BCUT2D eigenvalue weighted by molar-refractivity contribution is 6.01. The smallest absolute Gasteiger partial charge is 0.261 e. The molecule has 0 aliphatic heterocycles. The van der Waals surface area contributed by atoms with Crippen LogP contribution in [0.25, 0.3) is 6.08 Å².